The summed E-state index contributed by atoms with van der Waals surface area (Å²) in [6.45, 7) is 3.12. The van der Waals surface area contributed by atoms with Gasteiger partial charge in [-0.15, -0.1) is 0 Å². The smallest absolute Gasteiger partial charge is 0.159 e. The maximum Gasteiger partial charge on any atom is 0.159 e. The molecule has 3 nitrogen and oxygen atoms in total. The molecule has 1 atom stereocenters. The van der Waals surface area contributed by atoms with E-state index >= 15 is 0 Å². The second-order valence-electron chi connectivity index (χ2n) is 12.9. The Balaban J connectivity index is 1.33. The molecule has 0 saturated heterocycles. The molecule has 0 radical (unpaired) electrons. The average molecular weight is 638 g/mol. The fourth-order valence-corrected chi connectivity index (χ4v) is 7.71. The maximum atomic E-state index is 5.15. The van der Waals surface area contributed by atoms with E-state index in [1.807, 2.05) is 24.3 Å². The first kappa shape index (κ1) is 29.9. The number of nitrogens with zero attached hydrogens (tertiary/aromatic N) is 2. The van der Waals surface area contributed by atoms with Gasteiger partial charge in [0.15, 0.2) is 5.84 Å². The van der Waals surface area contributed by atoms with E-state index in [-0.39, 0.29) is 6.17 Å². The predicted molar refractivity (Wildman–Crippen MR) is 210 cm³/mol. The predicted octanol–water partition coefficient (Wildman–Crippen LogP) is 10.2. The Kier molecular flexibility index (Phi) is 7.63. The molecule has 0 spiro atoms. The first-order valence-electron chi connectivity index (χ1n) is 16.3. The maximum absolute atomic E-state index is 5.15. The number of hydrogen-bond donors (Lipinski definition) is 1. The lowest BCUT2D eigenvalue weighted by atomic mass is 9.85. The molecule has 0 saturated carbocycles. The lowest BCUT2D eigenvalue weighted by molar-refractivity contribution is 0.674. The van der Waals surface area contributed by atoms with Gasteiger partial charge in [0.2, 0.25) is 0 Å². The number of fused-ring (bicyclic) bond motifs is 2. The van der Waals surface area contributed by atoms with Gasteiger partial charge in [-0.1, -0.05) is 159 Å². The van der Waals surface area contributed by atoms with Crippen LogP contribution in [0.4, 0.5) is 0 Å². The molecule has 4 heteroatoms. The largest absolute Gasteiger partial charge is 0.344 e. The van der Waals surface area contributed by atoms with Gasteiger partial charge in [-0.2, -0.15) is 0 Å². The molecule has 1 aliphatic rings. The number of hydrogen-bond acceptors (Lipinski definition) is 3. The number of rotatable bonds is 6. The first-order chi connectivity index (χ1) is 23.4. The molecule has 7 aromatic rings. The monoisotopic (exact) mass is 637 g/mol. The summed E-state index contributed by atoms with van der Waals surface area (Å²) >= 11 is 0. The topological polar surface area (TPSA) is 36.8 Å². The molecule has 0 fully saturated rings. The Bertz CT molecular complexity index is 2360. The molecule has 8 rings (SSSR count). The van der Waals surface area contributed by atoms with Crippen molar-refractivity contribution in [3.05, 3.63) is 174 Å². The van der Waals surface area contributed by atoms with Crippen molar-refractivity contribution in [3.8, 4) is 22.3 Å². The van der Waals surface area contributed by atoms with Crippen LogP contribution in [0.15, 0.2) is 168 Å². The Morgan fingerprint density at radius 2 is 1.00 bits per heavy atom. The second kappa shape index (κ2) is 12.3. The average Bonchev–Trinajstić information content (AvgIpc) is 3.14. The molecule has 48 heavy (non-hydrogen) atoms. The van der Waals surface area contributed by atoms with Crippen LogP contribution in [0.3, 0.4) is 0 Å². The fraction of sp³-hybridized carbons (Fsp3) is 0.0682. The van der Waals surface area contributed by atoms with E-state index in [2.05, 4.69) is 158 Å². The Labute approximate surface area is 282 Å². The van der Waals surface area contributed by atoms with Crippen LogP contribution in [0.25, 0.3) is 43.8 Å². The van der Waals surface area contributed by atoms with Crippen LogP contribution in [0.1, 0.15) is 22.9 Å². The lowest BCUT2D eigenvalue weighted by Gasteiger charge is -2.24. The fourth-order valence-electron chi connectivity index (χ4n) is 6.73. The van der Waals surface area contributed by atoms with Crippen molar-refractivity contribution in [2.75, 3.05) is 13.3 Å². The van der Waals surface area contributed by atoms with Crippen molar-refractivity contribution in [1.82, 2.24) is 5.32 Å². The number of benzene rings is 7. The molecule has 7 aromatic carbocycles. The highest BCUT2D eigenvalue weighted by Gasteiger charge is 2.22. The van der Waals surface area contributed by atoms with Gasteiger partial charge in [0.25, 0.3) is 0 Å². The third-order valence-electron chi connectivity index (χ3n) is 9.08. The van der Waals surface area contributed by atoms with Gasteiger partial charge in [-0.3, -0.25) is 0 Å². The van der Waals surface area contributed by atoms with Crippen LogP contribution in [0.2, 0.25) is 0 Å². The summed E-state index contributed by atoms with van der Waals surface area (Å²) in [6, 6.07) is 56.0. The van der Waals surface area contributed by atoms with Gasteiger partial charge in [0.1, 0.15) is 12.0 Å². The molecule has 0 aromatic heterocycles. The summed E-state index contributed by atoms with van der Waals surface area (Å²) in [6.07, 6.45) is 4.28. The summed E-state index contributed by atoms with van der Waals surface area (Å²) in [4.78, 5) is 10.2. The van der Waals surface area contributed by atoms with Crippen LogP contribution < -0.4 is 10.6 Å². The third kappa shape index (κ3) is 5.57. The number of amidine groups is 2. The summed E-state index contributed by atoms with van der Waals surface area (Å²) < 4.78 is 0. The SMILES string of the molecule is C=P(C)(C)c1cccc(-c2c3ccccc3c(-c3cccc(C4=NC(c5ccccc5)NC(c5ccccc5)=N4)c3)c3ccccc23)c1. The molecule has 0 bridgehead atoms. The van der Waals surface area contributed by atoms with E-state index < -0.39 is 6.89 Å². The van der Waals surface area contributed by atoms with Crippen molar-refractivity contribution in [3.63, 3.8) is 0 Å². The van der Waals surface area contributed by atoms with Crippen LogP contribution in [0, 0.1) is 0 Å². The van der Waals surface area contributed by atoms with Crippen molar-refractivity contribution < 1.29 is 0 Å². The van der Waals surface area contributed by atoms with E-state index in [1.54, 1.807) is 0 Å². The van der Waals surface area contributed by atoms with Crippen molar-refractivity contribution in [1.29, 1.82) is 0 Å². The summed E-state index contributed by atoms with van der Waals surface area (Å²) in [7, 11) is 0. The second-order valence-corrected chi connectivity index (χ2v) is 16.8. The molecular weight excluding hydrogens is 601 g/mol. The number of aliphatic imine (C=N–C) groups is 2. The van der Waals surface area contributed by atoms with Gasteiger partial charge in [0, 0.05) is 11.1 Å². The van der Waals surface area contributed by atoms with Crippen LogP contribution in [0.5, 0.6) is 0 Å². The highest BCUT2D eigenvalue weighted by molar-refractivity contribution is 7.79. The van der Waals surface area contributed by atoms with Crippen molar-refractivity contribution in [2.45, 2.75) is 6.17 Å². The van der Waals surface area contributed by atoms with Gasteiger partial charge >= 0.3 is 0 Å². The third-order valence-corrected chi connectivity index (χ3v) is 10.8. The minimum Gasteiger partial charge on any atom is -0.344 e. The van der Waals surface area contributed by atoms with Gasteiger partial charge in [-0.05, 0) is 80.1 Å². The summed E-state index contributed by atoms with van der Waals surface area (Å²) in [5.41, 5.74) is 7.96. The Morgan fingerprint density at radius 3 is 1.58 bits per heavy atom. The lowest BCUT2D eigenvalue weighted by Crippen LogP contribution is -2.33. The highest BCUT2D eigenvalue weighted by Crippen LogP contribution is 2.44. The minimum absolute atomic E-state index is 0.250. The standard InChI is InChI=1S/C44H36N3P/c1-48(2,3)35-23-15-21-33(29-35)41-38-26-12-10-24-36(38)40(37-25-11-13-27-39(37)41)32-20-14-22-34(28-32)44-46-42(30-16-6-4-7-17-30)45-43(47-44)31-18-8-5-9-19-31/h4-29,42H,1H2,2-3H3,(H,45,46,47). The van der Waals surface area contributed by atoms with E-state index in [0.717, 1.165) is 28.1 Å². The van der Waals surface area contributed by atoms with E-state index in [4.69, 9.17) is 9.98 Å². The Morgan fingerprint density at radius 1 is 0.521 bits per heavy atom. The molecule has 1 unspecified atom stereocenters. The molecule has 1 heterocycles. The highest BCUT2D eigenvalue weighted by atomic mass is 31.2. The molecular formula is C44H36N3P. The van der Waals surface area contributed by atoms with Crippen LogP contribution in [-0.4, -0.2) is 31.3 Å². The molecule has 1 N–H and O–H groups in total. The minimum atomic E-state index is -1.44. The van der Waals surface area contributed by atoms with Crippen molar-refractivity contribution >= 4 is 51.7 Å². The van der Waals surface area contributed by atoms with E-state index in [1.165, 1.54) is 43.5 Å². The normalized spacial score (nSPS) is 14.8. The molecule has 0 aliphatic carbocycles. The van der Waals surface area contributed by atoms with Crippen LogP contribution in [-0.2, 0) is 0 Å². The van der Waals surface area contributed by atoms with E-state index in [9.17, 15) is 0 Å². The number of nitrogens with one attached hydrogen (secondary N) is 1. The quantitative estimate of drug-likeness (QED) is 0.143. The summed E-state index contributed by atoms with van der Waals surface area (Å²) in [5.74, 6) is 1.53. The zero-order chi connectivity index (χ0) is 32.7. The molecule has 1 aliphatic heterocycles. The van der Waals surface area contributed by atoms with Crippen LogP contribution >= 0.6 is 6.89 Å². The summed E-state index contributed by atoms with van der Waals surface area (Å²) in [5, 5.41) is 9.83. The molecule has 232 valence electrons. The van der Waals surface area contributed by atoms with Gasteiger partial charge in [0.05, 0.1) is 0 Å². The van der Waals surface area contributed by atoms with E-state index in [0.29, 0.717) is 5.84 Å². The van der Waals surface area contributed by atoms with Gasteiger partial charge in [-0.25, -0.2) is 9.98 Å². The van der Waals surface area contributed by atoms with Gasteiger partial charge < -0.3 is 5.32 Å². The Hall–Kier alpha value is -5.50. The first-order valence-corrected chi connectivity index (χ1v) is 19.2. The zero-order valence-electron chi connectivity index (χ0n) is 27.1. The zero-order valence-corrected chi connectivity index (χ0v) is 28.0. The van der Waals surface area contributed by atoms with Crippen molar-refractivity contribution in [2.24, 2.45) is 9.98 Å². The molecule has 0 amide bonds.